The summed E-state index contributed by atoms with van der Waals surface area (Å²) in [4.78, 5) is 26.8. The van der Waals surface area contributed by atoms with Gasteiger partial charge < -0.3 is 15.4 Å². The fraction of sp³-hybridized carbons (Fsp3) is 0.103. The topological polar surface area (TPSA) is 67.4 Å². The second-order valence-corrected chi connectivity index (χ2v) is 9.60. The number of halogens is 1. The highest BCUT2D eigenvalue weighted by molar-refractivity contribution is 8.00. The van der Waals surface area contributed by atoms with E-state index in [9.17, 15) is 9.59 Å². The lowest BCUT2D eigenvalue weighted by Crippen LogP contribution is -2.19. The van der Waals surface area contributed by atoms with E-state index in [4.69, 9.17) is 16.3 Å². The van der Waals surface area contributed by atoms with Crippen LogP contribution in [0.4, 0.5) is 11.4 Å². The van der Waals surface area contributed by atoms with Crippen molar-refractivity contribution in [2.24, 2.45) is 0 Å². The van der Waals surface area contributed by atoms with Crippen molar-refractivity contribution in [1.82, 2.24) is 0 Å². The molecular formula is C29H25ClN2O3S. The minimum atomic E-state index is -0.482. The van der Waals surface area contributed by atoms with Crippen LogP contribution in [0.1, 0.15) is 26.7 Å². The Hall–Kier alpha value is -3.74. The van der Waals surface area contributed by atoms with E-state index in [2.05, 4.69) is 10.6 Å². The zero-order valence-electron chi connectivity index (χ0n) is 19.8. The third kappa shape index (κ3) is 6.27. The second-order valence-electron chi connectivity index (χ2n) is 8.02. The van der Waals surface area contributed by atoms with E-state index in [0.29, 0.717) is 27.7 Å². The molecule has 0 radical (unpaired) electrons. The molecule has 0 bridgehead atoms. The van der Waals surface area contributed by atoms with Crippen molar-refractivity contribution in [1.29, 1.82) is 0 Å². The van der Waals surface area contributed by atoms with Crippen LogP contribution in [0.2, 0.25) is 5.02 Å². The van der Waals surface area contributed by atoms with Crippen LogP contribution in [-0.2, 0) is 4.79 Å². The summed E-state index contributed by atoms with van der Waals surface area (Å²) in [5.41, 5.74) is 3.59. The molecule has 4 rings (SSSR count). The van der Waals surface area contributed by atoms with Crippen LogP contribution in [0.5, 0.6) is 5.75 Å². The van der Waals surface area contributed by atoms with Gasteiger partial charge in [0.05, 0.1) is 7.11 Å². The Morgan fingerprint density at radius 1 is 0.833 bits per heavy atom. The molecule has 0 aliphatic heterocycles. The minimum absolute atomic E-state index is 0.145. The number of hydrogen-bond acceptors (Lipinski definition) is 4. The van der Waals surface area contributed by atoms with E-state index in [1.54, 1.807) is 37.4 Å². The molecule has 1 atom stereocenters. The van der Waals surface area contributed by atoms with Crippen molar-refractivity contribution in [3.05, 3.63) is 119 Å². The van der Waals surface area contributed by atoms with Crippen LogP contribution in [0.3, 0.4) is 0 Å². The van der Waals surface area contributed by atoms with Crippen LogP contribution in [-0.4, -0.2) is 18.9 Å². The molecule has 0 aliphatic rings. The lowest BCUT2D eigenvalue weighted by Gasteiger charge is -2.18. The molecule has 4 aromatic rings. The van der Waals surface area contributed by atoms with Crippen LogP contribution >= 0.6 is 23.4 Å². The number of ether oxygens (including phenoxy) is 1. The molecule has 0 aromatic heterocycles. The average Bonchev–Trinajstić information content (AvgIpc) is 2.91. The van der Waals surface area contributed by atoms with E-state index in [1.165, 1.54) is 11.8 Å². The van der Waals surface area contributed by atoms with Gasteiger partial charge in [-0.2, -0.15) is 0 Å². The Bertz CT molecular complexity index is 1340. The number of rotatable bonds is 8. The smallest absolute Gasteiger partial charge is 0.255 e. The summed E-state index contributed by atoms with van der Waals surface area (Å²) >= 11 is 7.67. The monoisotopic (exact) mass is 516 g/mol. The van der Waals surface area contributed by atoms with Gasteiger partial charge in [-0.15, -0.1) is 11.8 Å². The first-order valence-electron chi connectivity index (χ1n) is 11.3. The van der Waals surface area contributed by atoms with Gasteiger partial charge in [-0.25, -0.2) is 0 Å². The number of carbonyl (C=O) groups excluding carboxylic acids is 2. The number of amides is 2. The molecule has 2 amide bonds. The predicted octanol–water partition coefficient (Wildman–Crippen LogP) is 7.38. The first-order chi connectivity index (χ1) is 17.4. The van der Waals surface area contributed by atoms with Crippen LogP contribution in [0.25, 0.3) is 0 Å². The number of hydrogen-bond donors (Lipinski definition) is 2. The molecule has 182 valence electrons. The van der Waals surface area contributed by atoms with Crippen molar-refractivity contribution in [2.75, 3.05) is 17.7 Å². The summed E-state index contributed by atoms with van der Waals surface area (Å²) in [7, 11) is 1.58. The quantitative estimate of drug-likeness (QED) is 0.240. The number of methoxy groups -OCH3 is 1. The van der Waals surface area contributed by atoms with Crippen LogP contribution < -0.4 is 15.4 Å². The average molecular weight is 517 g/mol. The maximum absolute atomic E-state index is 13.4. The van der Waals surface area contributed by atoms with Crippen LogP contribution in [0, 0.1) is 6.92 Å². The fourth-order valence-corrected chi connectivity index (χ4v) is 4.74. The van der Waals surface area contributed by atoms with Crippen molar-refractivity contribution >= 4 is 46.6 Å². The molecule has 0 fully saturated rings. The lowest BCUT2D eigenvalue weighted by molar-refractivity contribution is -0.115. The number of nitrogens with one attached hydrogen (secondary N) is 2. The summed E-state index contributed by atoms with van der Waals surface area (Å²) in [6.45, 7) is 1.88. The van der Waals surface area contributed by atoms with Gasteiger partial charge in [-0.1, -0.05) is 48.0 Å². The van der Waals surface area contributed by atoms with E-state index in [1.807, 2.05) is 73.7 Å². The molecule has 4 aromatic carbocycles. The third-order valence-corrected chi connectivity index (χ3v) is 7.26. The van der Waals surface area contributed by atoms with Crippen molar-refractivity contribution in [3.8, 4) is 5.75 Å². The molecule has 0 spiro atoms. The summed E-state index contributed by atoms with van der Waals surface area (Å²) in [6, 6.07) is 29.4. The van der Waals surface area contributed by atoms with Gasteiger partial charge in [-0.3, -0.25) is 9.59 Å². The SMILES string of the molecule is COc1ccc(C(=O)Nc2ccc(SC(C(=O)Nc3cccc(Cl)c3C)c3ccccc3)cc2)cc1. The van der Waals surface area contributed by atoms with Gasteiger partial charge in [0.2, 0.25) is 5.91 Å². The minimum Gasteiger partial charge on any atom is -0.497 e. The van der Waals surface area contributed by atoms with Gasteiger partial charge in [0.1, 0.15) is 11.0 Å². The zero-order valence-corrected chi connectivity index (χ0v) is 21.4. The summed E-state index contributed by atoms with van der Waals surface area (Å²) in [6.07, 6.45) is 0. The molecule has 36 heavy (non-hydrogen) atoms. The molecule has 7 heteroatoms. The molecule has 0 saturated carbocycles. The van der Waals surface area contributed by atoms with Gasteiger partial charge in [-0.05, 0) is 78.7 Å². The molecule has 2 N–H and O–H groups in total. The summed E-state index contributed by atoms with van der Waals surface area (Å²) in [5, 5.41) is 6.04. The predicted molar refractivity (Wildman–Crippen MR) is 147 cm³/mol. The fourth-order valence-electron chi connectivity index (χ4n) is 3.54. The number of anilines is 2. The molecular weight excluding hydrogens is 492 g/mol. The van der Waals surface area contributed by atoms with Gasteiger partial charge in [0.15, 0.2) is 0 Å². The normalized spacial score (nSPS) is 11.4. The number of benzene rings is 4. The first kappa shape index (κ1) is 25.4. The Morgan fingerprint density at radius 3 is 2.19 bits per heavy atom. The number of thioether (sulfide) groups is 1. The Kier molecular flexibility index (Phi) is 8.31. The maximum Gasteiger partial charge on any atom is 0.255 e. The molecule has 0 aliphatic carbocycles. The third-order valence-electron chi connectivity index (χ3n) is 5.58. The first-order valence-corrected chi connectivity index (χ1v) is 12.5. The van der Waals surface area contributed by atoms with Gasteiger partial charge in [0, 0.05) is 26.9 Å². The highest BCUT2D eigenvalue weighted by Gasteiger charge is 2.23. The van der Waals surface area contributed by atoms with Gasteiger partial charge in [0.25, 0.3) is 5.91 Å². The Balaban J connectivity index is 1.48. The molecule has 5 nitrogen and oxygen atoms in total. The van der Waals surface area contributed by atoms with Crippen LogP contribution in [0.15, 0.2) is 102 Å². The standard InChI is InChI=1S/C29H25ClN2O3S/c1-19-25(30)9-6-10-26(19)32-29(34)27(20-7-4-3-5-8-20)36-24-17-13-22(14-18-24)31-28(33)21-11-15-23(35-2)16-12-21/h3-18,27H,1-2H3,(H,31,33)(H,32,34). The largest absolute Gasteiger partial charge is 0.497 e. The van der Waals surface area contributed by atoms with Crippen molar-refractivity contribution in [2.45, 2.75) is 17.1 Å². The Labute approximate surface area is 219 Å². The lowest BCUT2D eigenvalue weighted by atomic mass is 10.1. The van der Waals surface area contributed by atoms with E-state index in [-0.39, 0.29) is 11.8 Å². The van der Waals surface area contributed by atoms with E-state index in [0.717, 1.165) is 16.0 Å². The molecule has 1 unspecified atom stereocenters. The summed E-state index contributed by atoms with van der Waals surface area (Å²) < 4.78 is 5.14. The van der Waals surface area contributed by atoms with Crippen molar-refractivity contribution < 1.29 is 14.3 Å². The number of carbonyl (C=O) groups is 2. The highest BCUT2D eigenvalue weighted by Crippen LogP contribution is 2.37. The second kappa shape index (κ2) is 11.8. The zero-order chi connectivity index (χ0) is 25.5. The summed E-state index contributed by atoms with van der Waals surface area (Å²) in [5.74, 6) is 0.334. The van der Waals surface area contributed by atoms with E-state index >= 15 is 0 Å². The maximum atomic E-state index is 13.4. The van der Waals surface area contributed by atoms with E-state index < -0.39 is 5.25 Å². The van der Waals surface area contributed by atoms with Gasteiger partial charge >= 0.3 is 0 Å². The highest BCUT2D eigenvalue weighted by atomic mass is 35.5. The molecule has 0 heterocycles. The molecule has 0 saturated heterocycles. The Morgan fingerprint density at radius 2 is 1.53 bits per heavy atom. The van der Waals surface area contributed by atoms with Crippen molar-refractivity contribution in [3.63, 3.8) is 0 Å².